The van der Waals surface area contributed by atoms with E-state index in [1.165, 1.54) is 25.3 Å². The minimum absolute atomic E-state index is 0.0135. The Morgan fingerprint density at radius 2 is 1.92 bits per heavy atom. The molecule has 0 bridgehead atoms. The van der Waals surface area contributed by atoms with Gasteiger partial charge < -0.3 is 20.1 Å². The van der Waals surface area contributed by atoms with Crippen LogP contribution >= 0.6 is 0 Å². The molecule has 13 heteroatoms. The van der Waals surface area contributed by atoms with Crippen LogP contribution in [0.25, 0.3) is 32.8 Å². The van der Waals surface area contributed by atoms with Gasteiger partial charge in [0.2, 0.25) is 0 Å². The van der Waals surface area contributed by atoms with Crippen molar-refractivity contribution in [1.29, 1.82) is 0 Å². The fourth-order valence-electron chi connectivity index (χ4n) is 8.11. The number of aryl methyl sites for hydroxylation is 1. The van der Waals surface area contributed by atoms with Crippen molar-refractivity contribution >= 4 is 27.5 Å². The minimum atomic E-state index is -1.01. The molecule has 8 rings (SSSR count). The first-order valence-corrected chi connectivity index (χ1v) is 16.7. The fraction of sp³-hybridized carbons (Fsp3) is 0.378. The summed E-state index contributed by atoms with van der Waals surface area (Å²) in [6.45, 7) is 2.85. The highest BCUT2D eigenvalue weighted by Crippen LogP contribution is 2.46. The van der Waals surface area contributed by atoms with Crippen LogP contribution in [0.2, 0.25) is 0 Å². The second kappa shape index (κ2) is 12.4. The molecule has 3 aliphatic rings. The predicted molar refractivity (Wildman–Crippen MR) is 181 cm³/mol. The fourth-order valence-corrected chi connectivity index (χ4v) is 8.11. The number of nitrogens with zero attached hydrogens (tertiary/aromatic N) is 6. The molecule has 2 fully saturated rings. The predicted octanol–water partition coefficient (Wildman–Crippen LogP) is 5.88. The molecule has 5 heterocycles. The normalized spacial score (nSPS) is 20.6. The summed E-state index contributed by atoms with van der Waals surface area (Å²) in [4.78, 5) is 13.3. The van der Waals surface area contributed by atoms with E-state index >= 15 is 8.78 Å². The quantitative estimate of drug-likeness (QED) is 0.168. The number of ether oxygens (including phenoxy) is 2. The van der Waals surface area contributed by atoms with Gasteiger partial charge in [0, 0.05) is 38.0 Å². The van der Waals surface area contributed by atoms with Gasteiger partial charge in [0.05, 0.1) is 47.1 Å². The highest BCUT2D eigenvalue weighted by atomic mass is 19.1. The van der Waals surface area contributed by atoms with E-state index in [2.05, 4.69) is 20.9 Å². The molecule has 50 heavy (non-hydrogen) atoms. The highest BCUT2D eigenvalue weighted by molar-refractivity contribution is 6.05. The second-order valence-electron chi connectivity index (χ2n) is 13.3. The summed E-state index contributed by atoms with van der Waals surface area (Å²) < 4.78 is 77.5. The van der Waals surface area contributed by atoms with Gasteiger partial charge in [-0.05, 0) is 48.9 Å². The van der Waals surface area contributed by atoms with Crippen molar-refractivity contribution in [3.63, 3.8) is 0 Å². The van der Waals surface area contributed by atoms with E-state index in [0.29, 0.717) is 44.4 Å². The Labute approximate surface area is 286 Å². The van der Waals surface area contributed by atoms with Crippen LogP contribution in [0.4, 0.5) is 23.4 Å². The number of rotatable bonds is 7. The standard InChI is InChI=1S/C37H35F4N7O2/c1-3-25-27(39)10-9-21-7-4-8-26(28(21)25)29-31(40)33-30(34(49-2)32(29)41)35(46-12-6-14-48-24(19-46)15-23(17-42)45-48)44-36(43-33)50-20-37-11-5-13-47(37)18-22(38)16-37/h1,4,7-10,15,22H,5-6,11-14,16-20,42H2,2H3/t22-,37+/m1/s1. The number of hydrogen-bond acceptors (Lipinski definition) is 8. The zero-order valence-corrected chi connectivity index (χ0v) is 27.5. The van der Waals surface area contributed by atoms with Crippen LogP contribution in [-0.2, 0) is 19.6 Å². The van der Waals surface area contributed by atoms with Crippen LogP contribution in [0.1, 0.15) is 42.6 Å². The van der Waals surface area contributed by atoms with E-state index in [4.69, 9.17) is 26.6 Å². The number of aromatic nitrogens is 4. The molecule has 0 amide bonds. The molecule has 5 aromatic rings. The molecule has 0 aliphatic carbocycles. The lowest BCUT2D eigenvalue weighted by molar-refractivity contribution is 0.107. The number of benzene rings is 3. The van der Waals surface area contributed by atoms with Crippen LogP contribution in [0.15, 0.2) is 36.4 Å². The van der Waals surface area contributed by atoms with Crippen molar-refractivity contribution in [3.8, 4) is 35.2 Å². The molecular weight excluding hydrogens is 650 g/mol. The smallest absolute Gasteiger partial charge is 0.319 e. The number of anilines is 1. The Bertz CT molecular complexity index is 2200. The molecular formula is C37H35F4N7O2. The van der Waals surface area contributed by atoms with Crippen LogP contribution in [0.3, 0.4) is 0 Å². The van der Waals surface area contributed by atoms with Crippen molar-refractivity contribution < 1.29 is 27.0 Å². The van der Waals surface area contributed by atoms with Gasteiger partial charge in [0.15, 0.2) is 17.4 Å². The highest BCUT2D eigenvalue weighted by Gasteiger charge is 2.49. The monoisotopic (exact) mass is 685 g/mol. The third-order valence-corrected chi connectivity index (χ3v) is 10.4. The summed E-state index contributed by atoms with van der Waals surface area (Å²) in [5, 5.41) is 5.28. The number of terminal acetylenes is 1. The van der Waals surface area contributed by atoms with Gasteiger partial charge in [-0.1, -0.05) is 30.2 Å². The molecule has 2 aromatic heterocycles. The summed E-state index contributed by atoms with van der Waals surface area (Å²) in [6.07, 6.45) is 7.37. The number of fused-ring (bicyclic) bond motifs is 4. The first kappa shape index (κ1) is 32.3. The molecule has 2 saturated heterocycles. The number of nitrogens with two attached hydrogens (primary N) is 1. The molecule has 0 spiro atoms. The number of methoxy groups -OCH3 is 1. The zero-order valence-electron chi connectivity index (χ0n) is 27.5. The third-order valence-electron chi connectivity index (χ3n) is 10.4. The largest absolute Gasteiger partial charge is 0.493 e. The van der Waals surface area contributed by atoms with Crippen LogP contribution in [0, 0.1) is 29.8 Å². The van der Waals surface area contributed by atoms with Crippen LogP contribution in [-0.4, -0.2) is 69.7 Å². The Kier molecular flexibility index (Phi) is 8.03. The Hall–Kier alpha value is -4.93. The summed E-state index contributed by atoms with van der Waals surface area (Å²) in [6, 6.07) is 9.29. The van der Waals surface area contributed by atoms with E-state index in [-0.39, 0.29) is 58.1 Å². The number of hydrogen-bond donors (Lipinski definition) is 1. The van der Waals surface area contributed by atoms with Crippen molar-refractivity contribution in [2.45, 2.75) is 57.0 Å². The van der Waals surface area contributed by atoms with Gasteiger partial charge in [0.25, 0.3) is 0 Å². The molecule has 2 atom stereocenters. The third kappa shape index (κ3) is 5.12. The Balaban J connectivity index is 1.34. The molecule has 9 nitrogen and oxygen atoms in total. The van der Waals surface area contributed by atoms with Gasteiger partial charge in [-0.2, -0.15) is 15.1 Å². The van der Waals surface area contributed by atoms with E-state index in [1.54, 1.807) is 12.1 Å². The van der Waals surface area contributed by atoms with Gasteiger partial charge in [0.1, 0.15) is 29.9 Å². The summed E-state index contributed by atoms with van der Waals surface area (Å²) in [5.74, 6) is -0.446. The van der Waals surface area contributed by atoms with Gasteiger partial charge in [-0.3, -0.25) is 9.58 Å². The number of alkyl halides is 1. The molecule has 3 aromatic carbocycles. The Morgan fingerprint density at radius 3 is 2.72 bits per heavy atom. The first-order valence-electron chi connectivity index (χ1n) is 16.7. The zero-order chi connectivity index (χ0) is 34.7. The SMILES string of the molecule is C#Cc1c(F)ccc2cccc(-c3c(F)c(OC)c4c(N5CCCn6nc(CN)cc6C5)nc(OC[C@@]56CCCN5C[C@H](F)C6)nc4c3F)c12. The maximum absolute atomic E-state index is 17.2. The summed E-state index contributed by atoms with van der Waals surface area (Å²) >= 11 is 0. The van der Waals surface area contributed by atoms with E-state index in [0.717, 1.165) is 30.8 Å². The van der Waals surface area contributed by atoms with Crippen molar-refractivity contribution in [2.75, 3.05) is 38.3 Å². The van der Waals surface area contributed by atoms with Crippen molar-refractivity contribution in [3.05, 3.63) is 70.8 Å². The summed E-state index contributed by atoms with van der Waals surface area (Å²) in [5.41, 5.74) is 6.14. The number of halogens is 4. The average molecular weight is 686 g/mol. The van der Waals surface area contributed by atoms with Crippen LogP contribution < -0.4 is 20.1 Å². The topological polar surface area (TPSA) is 94.6 Å². The minimum Gasteiger partial charge on any atom is -0.493 e. The van der Waals surface area contributed by atoms with Crippen molar-refractivity contribution in [1.82, 2.24) is 24.6 Å². The maximum Gasteiger partial charge on any atom is 0.319 e. The van der Waals surface area contributed by atoms with Gasteiger partial charge in [-0.15, -0.1) is 6.42 Å². The Morgan fingerprint density at radius 1 is 1.06 bits per heavy atom. The maximum atomic E-state index is 17.2. The molecule has 0 saturated carbocycles. The lowest BCUT2D eigenvalue weighted by Crippen LogP contribution is -2.43. The lowest BCUT2D eigenvalue weighted by Gasteiger charge is -2.31. The second-order valence-corrected chi connectivity index (χ2v) is 13.3. The van der Waals surface area contributed by atoms with Gasteiger partial charge >= 0.3 is 6.01 Å². The van der Waals surface area contributed by atoms with E-state index < -0.39 is 34.7 Å². The van der Waals surface area contributed by atoms with E-state index in [9.17, 15) is 8.78 Å². The average Bonchev–Trinajstić information content (AvgIpc) is 3.74. The lowest BCUT2D eigenvalue weighted by atomic mass is 9.92. The van der Waals surface area contributed by atoms with Gasteiger partial charge in [-0.25, -0.2) is 17.6 Å². The molecule has 0 radical (unpaired) electrons. The molecule has 0 unspecified atom stereocenters. The molecule has 258 valence electrons. The summed E-state index contributed by atoms with van der Waals surface area (Å²) in [7, 11) is 1.29. The molecule has 2 N–H and O–H groups in total. The van der Waals surface area contributed by atoms with E-state index in [1.807, 2.05) is 15.6 Å². The van der Waals surface area contributed by atoms with Crippen LogP contribution in [0.5, 0.6) is 11.8 Å². The molecule has 3 aliphatic heterocycles. The first-order chi connectivity index (χ1) is 24.2. The van der Waals surface area contributed by atoms with Crippen molar-refractivity contribution in [2.24, 2.45) is 5.73 Å².